The highest BCUT2D eigenvalue weighted by molar-refractivity contribution is 8.00. The number of fused-ring (bicyclic) bond motifs is 5. The molecule has 4 amide bonds. The predicted octanol–water partition coefficient (Wildman–Crippen LogP) is 2.70. The Morgan fingerprint density at radius 3 is 2.19 bits per heavy atom. The van der Waals surface area contributed by atoms with Crippen molar-refractivity contribution in [3.8, 4) is 11.5 Å². The molecule has 77 heavy (non-hydrogen) atoms. The number of carbonyl (C=O) groups excluding carboxylic acids is 3. The fraction of sp³-hybridized carbons (Fsp3) is 0.491. The molecular weight excluding hydrogens is 1060 g/mol. The molecule has 21 nitrogen and oxygen atoms in total. The van der Waals surface area contributed by atoms with E-state index in [-0.39, 0.29) is 89.7 Å². The number of carboxylic acids is 1. The fourth-order valence-corrected chi connectivity index (χ4v) is 13.2. The molecule has 0 bridgehead atoms. The molecule has 0 spiro atoms. The van der Waals surface area contributed by atoms with Gasteiger partial charge >= 0.3 is 12.0 Å². The molecule has 0 aromatic heterocycles. The number of carbonyl (C=O) groups is 4. The van der Waals surface area contributed by atoms with Gasteiger partial charge in [0.05, 0.1) is 90.3 Å². The van der Waals surface area contributed by atoms with Crippen LogP contribution in [-0.4, -0.2) is 167 Å². The number of urea groups is 1. The molecule has 24 heteroatoms. The number of benzene rings is 3. The second kappa shape index (κ2) is 23.2. The number of ether oxygens (including phenoxy) is 4. The van der Waals surface area contributed by atoms with Crippen LogP contribution in [0.2, 0.25) is 0 Å². The van der Waals surface area contributed by atoms with Crippen LogP contribution in [-0.2, 0) is 39.2 Å². The van der Waals surface area contributed by atoms with Gasteiger partial charge in [-0.05, 0) is 73.7 Å². The summed E-state index contributed by atoms with van der Waals surface area (Å²) in [5, 5.41) is 23.6. The molecule has 5 aliphatic rings. The number of amides is 4. The predicted molar refractivity (Wildman–Crippen MR) is 290 cm³/mol. The second-order valence-electron chi connectivity index (χ2n) is 20.8. The lowest BCUT2D eigenvalue weighted by Gasteiger charge is -2.42. The number of thioether (sulfide) groups is 1. The number of hydrogen-bond donors (Lipinski definition) is 6. The molecule has 3 atom stereocenters. The average molecular weight is 1120 g/mol. The Labute approximate surface area is 452 Å². The van der Waals surface area contributed by atoms with Gasteiger partial charge in [-0.25, -0.2) is 22.6 Å². The SMILES string of the molecule is CN1c2cc3c(cc2C(CS(=O)(=O)[O-])=CC1(C)C)C(c1ccc(C(=O)NCCOCCOCCOCCNC(=O)CCCC[C@H]2SC[C@@H]4NC(=O)N[C@@H]42)cc1C(=O)O)=c1cc2c(cc1O3)=[N+](C)C(C)(C)C=C2CS(=O)(=O)O. The van der Waals surface area contributed by atoms with Crippen molar-refractivity contribution in [2.75, 3.05) is 89.0 Å². The van der Waals surface area contributed by atoms with E-state index in [0.29, 0.717) is 76.6 Å². The number of rotatable bonds is 24. The van der Waals surface area contributed by atoms with Crippen molar-refractivity contribution >= 4 is 78.2 Å². The van der Waals surface area contributed by atoms with Crippen molar-refractivity contribution < 1.29 is 69.2 Å². The molecule has 0 saturated carbocycles. The van der Waals surface area contributed by atoms with Gasteiger partial charge in [0.2, 0.25) is 11.3 Å². The highest BCUT2D eigenvalue weighted by Gasteiger charge is 2.43. The lowest BCUT2D eigenvalue weighted by molar-refractivity contribution is -0.121. The quantitative estimate of drug-likeness (QED) is 0.0255. The summed E-state index contributed by atoms with van der Waals surface area (Å²) in [7, 11) is -5.67. The monoisotopic (exact) mass is 1120 g/mol. The zero-order chi connectivity index (χ0) is 55.6. The third kappa shape index (κ3) is 13.5. The number of likely N-dealkylation sites (N-methyl/N-ethyl adjacent to an activating group) is 2. The van der Waals surface area contributed by atoms with E-state index in [4.69, 9.17) is 18.9 Å². The van der Waals surface area contributed by atoms with Gasteiger partial charge in [-0.3, -0.25) is 14.1 Å². The van der Waals surface area contributed by atoms with Crippen LogP contribution < -0.4 is 46.1 Å². The van der Waals surface area contributed by atoms with E-state index in [1.165, 1.54) is 18.2 Å². The van der Waals surface area contributed by atoms with E-state index >= 15 is 0 Å². The molecular formula is C53H66N6O15S3. The highest BCUT2D eigenvalue weighted by Crippen LogP contribution is 2.47. The summed E-state index contributed by atoms with van der Waals surface area (Å²) in [6.45, 7) is 9.54. The lowest BCUT2D eigenvalue weighted by Crippen LogP contribution is -2.47. The minimum Gasteiger partial charge on any atom is -0.748 e. The van der Waals surface area contributed by atoms with Gasteiger partial charge < -0.3 is 54.8 Å². The van der Waals surface area contributed by atoms with Crippen LogP contribution in [0.15, 0.2) is 54.6 Å². The van der Waals surface area contributed by atoms with Gasteiger partial charge in [0.1, 0.15) is 24.3 Å². The smallest absolute Gasteiger partial charge is 0.336 e. The molecule has 5 heterocycles. The normalized spacial score (nSPS) is 19.8. The summed E-state index contributed by atoms with van der Waals surface area (Å²) >= 11 is 1.86. The van der Waals surface area contributed by atoms with Crippen LogP contribution in [0, 0.1) is 0 Å². The topological polar surface area (TPSA) is 291 Å². The fourth-order valence-electron chi connectivity index (χ4n) is 10.4. The first-order valence-electron chi connectivity index (χ1n) is 25.4. The van der Waals surface area contributed by atoms with E-state index in [9.17, 15) is 50.2 Å². The Balaban J connectivity index is 0.904. The molecule has 3 aromatic rings. The number of nitrogens with one attached hydrogen (secondary N) is 4. The van der Waals surface area contributed by atoms with Crippen molar-refractivity contribution in [3.63, 3.8) is 0 Å². The number of aromatic carboxylic acids is 1. The molecule has 8 rings (SSSR count). The van der Waals surface area contributed by atoms with Gasteiger partial charge in [0.15, 0.2) is 5.54 Å². The standard InChI is InChI=1S/C53H66N6O15S3/c1-52(2)26-32(29-76(65,66)67)35-22-38-43(24-41(35)58(52)5)74-44-25-42-36(33(30-77(68,69)70)27-53(3,4)59(42)6)23-39(44)47(38)34-12-11-31(21-37(34)50(62)63)49(61)55-14-16-72-18-20-73-19-17-71-15-13-54-46(60)10-8-7-9-45-48-40(28-75-45)56-51(64)57-48/h11-12,21-27,40,45,48H,7-10,13-20,28-30H2,1-6H3,(H6-,54,55,56,57,60,61,62,63,64,65,66,67,68,69,70)/t40-,45+,48-/m0/s1. The highest BCUT2D eigenvalue weighted by atomic mass is 32.2. The lowest BCUT2D eigenvalue weighted by atomic mass is 9.83. The molecule has 0 radical (unpaired) electrons. The summed E-state index contributed by atoms with van der Waals surface area (Å²) < 4.78 is 97.1. The van der Waals surface area contributed by atoms with Gasteiger partial charge in [-0.1, -0.05) is 18.6 Å². The van der Waals surface area contributed by atoms with Gasteiger partial charge in [-0.2, -0.15) is 20.2 Å². The van der Waals surface area contributed by atoms with Crippen LogP contribution in [0.3, 0.4) is 0 Å². The van der Waals surface area contributed by atoms with Crippen LogP contribution in [0.1, 0.15) is 96.3 Å². The van der Waals surface area contributed by atoms with Gasteiger partial charge in [0, 0.05) is 90.6 Å². The van der Waals surface area contributed by atoms with Crippen LogP contribution in [0.5, 0.6) is 11.5 Å². The van der Waals surface area contributed by atoms with Crippen LogP contribution in [0.25, 0.3) is 16.7 Å². The first-order chi connectivity index (χ1) is 36.3. The van der Waals surface area contributed by atoms with Crippen LogP contribution >= 0.6 is 11.8 Å². The molecule has 416 valence electrons. The number of anilines is 1. The van der Waals surface area contributed by atoms with E-state index in [0.717, 1.165) is 25.0 Å². The summed E-state index contributed by atoms with van der Waals surface area (Å²) in [4.78, 5) is 52.6. The molecule has 5 aliphatic heterocycles. The Kier molecular flexibility index (Phi) is 17.3. The zero-order valence-corrected chi connectivity index (χ0v) is 46.3. The third-order valence-electron chi connectivity index (χ3n) is 14.5. The van der Waals surface area contributed by atoms with Crippen molar-refractivity contribution in [1.82, 2.24) is 25.8 Å². The van der Waals surface area contributed by atoms with E-state index in [2.05, 4.69) is 21.3 Å². The first-order valence-corrected chi connectivity index (χ1v) is 29.6. The molecule has 6 N–H and O–H groups in total. The maximum Gasteiger partial charge on any atom is 0.336 e. The zero-order valence-electron chi connectivity index (χ0n) is 43.9. The number of unbranched alkanes of at least 4 members (excludes halogenated alkanes) is 1. The number of carboxylic acid groups (broad SMARTS) is 1. The first kappa shape index (κ1) is 57.3. The molecule has 2 saturated heterocycles. The summed E-state index contributed by atoms with van der Waals surface area (Å²) in [6, 6.07) is 11.2. The molecule has 3 aromatic carbocycles. The van der Waals surface area contributed by atoms with E-state index < -0.39 is 54.7 Å². The van der Waals surface area contributed by atoms with E-state index in [1.54, 1.807) is 36.4 Å². The Morgan fingerprint density at radius 1 is 0.844 bits per heavy atom. The van der Waals surface area contributed by atoms with Crippen molar-refractivity contribution in [2.45, 2.75) is 81.8 Å². The minimum atomic E-state index is -4.78. The summed E-state index contributed by atoms with van der Waals surface area (Å²) in [5.41, 5.74) is 0.955. The average Bonchev–Trinajstić information content (AvgIpc) is 3.98. The Bertz CT molecular complexity index is 3290. The molecule has 0 unspecified atom stereocenters. The van der Waals surface area contributed by atoms with Gasteiger partial charge in [-0.15, -0.1) is 0 Å². The van der Waals surface area contributed by atoms with Crippen molar-refractivity contribution in [2.24, 2.45) is 0 Å². The van der Waals surface area contributed by atoms with Crippen molar-refractivity contribution in [1.29, 1.82) is 0 Å². The van der Waals surface area contributed by atoms with E-state index in [1.807, 2.05) is 63.0 Å². The Hall–Kier alpha value is -5.86. The number of nitrogens with zero attached hydrogens (tertiary/aromatic N) is 2. The summed E-state index contributed by atoms with van der Waals surface area (Å²) in [5.74, 6) is -2.05. The maximum atomic E-state index is 13.5. The Morgan fingerprint density at radius 2 is 1.52 bits per heavy atom. The van der Waals surface area contributed by atoms with Crippen molar-refractivity contribution in [3.05, 3.63) is 98.6 Å². The molecule has 2 fully saturated rings. The molecule has 0 aliphatic carbocycles. The number of hydrogen-bond acceptors (Lipinski definition) is 15. The maximum absolute atomic E-state index is 13.5. The van der Waals surface area contributed by atoms with Crippen LogP contribution in [0.4, 0.5) is 10.5 Å². The summed E-state index contributed by atoms with van der Waals surface area (Å²) in [6.07, 6.45) is 6.49. The largest absolute Gasteiger partial charge is 0.748 e. The van der Waals surface area contributed by atoms with Gasteiger partial charge in [0.25, 0.3) is 16.0 Å². The second-order valence-corrected chi connectivity index (χ2v) is 24.9. The minimum absolute atomic E-state index is 0.0297. The third-order valence-corrected chi connectivity index (χ3v) is 17.4.